The molecule has 130 valence electrons. The number of anilines is 2. The molecule has 0 aliphatic carbocycles. The van der Waals surface area contributed by atoms with E-state index in [4.69, 9.17) is 0 Å². The number of nitrogens with zero attached hydrogens (tertiary/aromatic N) is 2. The number of aryl methyl sites for hydroxylation is 1. The van der Waals surface area contributed by atoms with Crippen molar-refractivity contribution in [1.82, 2.24) is 4.90 Å². The SMILES string of the molecule is Cc1cccc(N2CCN(C(=O)C(=O)Nc3cccc(F)c3)CC2)c1. The van der Waals surface area contributed by atoms with Crippen molar-refractivity contribution in [3.8, 4) is 0 Å². The smallest absolute Gasteiger partial charge is 0.313 e. The molecular formula is C19H20FN3O2. The van der Waals surface area contributed by atoms with E-state index in [1.54, 1.807) is 6.07 Å². The number of amides is 2. The maximum atomic E-state index is 13.2. The van der Waals surface area contributed by atoms with Crippen molar-refractivity contribution in [2.24, 2.45) is 0 Å². The number of nitrogens with one attached hydrogen (secondary N) is 1. The van der Waals surface area contributed by atoms with E-state index in [0.717, 1.165) is 5.69 Å². The molecule has 1 aliphatic heterocycles. The summed E-state index contributed by atoms with van der Waals surface area (Å²) >= 11 is 0. The van der Waals surface area contributed by atoms with Crippen LogP contribution in [-0.4, -0.2) is 42.9 Å². The first-order chi connectivity index (χ1) is 12.0. The first-order valence-electron chi connectivity index (χ1n) is 8.20. The number of hydrogen-bond donors (Lipinski definition) is 1. The fraction of sp³-hybridized carbons (Fsp3) is 0.263. The van der Waals surface area contributed by atoms with Gasteiger partial charge in [0, 0.05) is 37.6 Å². The van der Waals surface area contributed by atoms with Gasteiger partial charge in [0.05, 0.1) is 0 Å². The molecule has 5 nitrogen and oxygen atoms in total. The molecule has 0 aromatic heterocycles. The molecule has 0 unspecified atom stereocenters. The molecule has 0 atom stereocenters. The molecule has 1 N–H and O–H groups in total. The van der Waals surface area contributed by atoms with E-state index in [1.807, 2.05) is 25.1 Å². The average molecular weight is 341 g/mol. The lowest BCUT2D eigenvalue weighted by Crippen LogP contribution is -2.51. The van der Waals surface area contributed by atoms with Crippen molar-refractivity contribution in [2.75, 3.05) is 36.4 Å². The molecule has 2 amide bonds. The quantitative estimate of drug-likeness (QED) is 0.854. The molecule has 2 aromatic carbocycles. The molecule has 25 heavy (non-hydrogen) atoms. The van der Waals surface area contributed by atoms with Crippen LogP contribution in [0.3, 0.4) is 0 Å². The lowest BCUT2D eigenvalue weighted by Gasteiger charge is -2.35. The van der Waals surface area contributed by atoms with Crippen molar-refractivity contribution < 1.29 is 14.0 Å². The van der Waals surface area contributed by atoms with Gasteiger partial charge < -0.3 is 15.1 Å². The van der Waals surface area contributed by atoms with Crippen LogP contribution in [0.15, 0.2) is 48.5 Å². The third-order valence-corrected chi connectivity index (χ3v) is 4.21. The van der Waals surface area contributed by atoms with Crippen molar-refractivity contribution in [1.29, 1.82) is 0 Å². The summed E-state index contributed by atoms with van der Waals surface area (Å²) in [6.45, 7) is 4.33. The summed E-state index contributed by atoms with van der Waals surface area (Å²) in [5.74, 6) is -1.79. The Hall–Kier alpha value is -2.89. The average Bonchev–Trinajstić information content (AvgIpc) is 2.61. The standard InChI is InChI=1S/C19H20FN3O2/c1-14-4-2-7-17(12-14)22-8-10-23(11-9-22)19(25)18(24)21-16-6-3-5-15(20)13-16/h2-7,12-13H,8-11H2,1H3,(H,21,24). The number of halogens is 1. The van der Waals surface area contributed by atoms with E-state index in [1.165, 1.54) is 28.7 Å². The summed E-state index contributed by atoms with van der Waals surface area (Å²) in [7, 11) is 0. The minimum absolute atomic E-state index is 0.275. The third kappa shape index (κ3) is 4.15. The Morgan fingerprint density at radius 1 is 1.00 bits per heavy atom. The molecule has 0 bridgehead atoms. The molecule has 1 saturated heterocycles. The zero-order valence-electron chi connectivity index (χ0n) is 14.0. The van der Waals surface area contributed by atoms with Crippen LogP contribution in [0, 0.1) is 12.7 Å². The number of benzene rings is 2. The summed E-state index contributed by atoms with van der Waals surface area (Å²) in [5, 5.41) is 2.45. The largest absolute Gasteiger partial charge is 0.368 e. The van der Waals surface area contributed by atoms with Gasteiger partial charge in [-0.3, -0.25) is 9.59 Å². The van der Waals surface area contributed by atoms with Gasteiger partial charge in [-0.05, 0) is 42.8 Å². The molecular weight excluding hydrogens is 321 g/mol. The molecule has 3 rings (SSSR count). The molecule has 1 fully saturated rings. The molecule has 1 aliphatic rings. The van der Waals surface area contributed by atoms with Crippen LogP contribution in [0.25, 0.3) is 0 Å². The van der Waals surface area contributed by atoms with E-state index >= 15 is 0 Å². The lowest BCUT2D eigenvalue weighted by molar-refractivity contribution is -0.143. The number of carbonyl (C=O) groups excluding carboxylic acids is 2. The van der Waals surface area contributed by atoms with Gasteiger partial charge in [0.25, 0.3) is 0 Å². The van der Waals surface area contributed by atoms with Gasteiger partial charge in [-0.15, -0.1) is 0 Å². The van der Waals surface area contributed by atoms with E-state index in [2.05, 4.69) is 16.3 Å². The second-order valence-corrected chi connectivity index (χ2v) is 6.08. The molecule has 0 saturated carbocycles. The highest BCUT2D eigenvalue weighted by molar-refractivity contribution is 6.39. The second-order valence-electron chi connectivity index (χ2n) is 6.08. The predicted octanol–water partition coefficient (Wildman–Crippen LogP) is 2.42. The number of hydrogen-bond acceptors (Lipinski definition) is 3. The van der Waals surface area contributed by atoms with Gasteiger partial charge in [-0.2, -0.15) is 0 Å². The fourth-order valence-corrected chi connectivity index (χ4v) is 2.89. The minimum Gasteiger partial charge on any atom is -0.368 e. The highest BCUT2D eigenvalue weighted by Crippen LogP contribution is 2.18. The summed E-state index contributed by atoms with van der Waals surface area (Å²) in [4.78, 5) is 28.1. The number of carbonyl (C=O) groups is 2. The van der Waals surface area contributed by atoms with E-state index in [9.17, 15) is 14.0 Å². The van der Waals surface area contributed by atoms with E-state index in [0.29, 0.717) is 26.2 Å². The second kappa shape index (κ2) is 7.34. The number of rotatable bonds is 2. The van der Waals surface area contributed by atoms with Gasteiger partial charge in [0.1, 0.15) is 5.82 Å². The van der Waals surface area contributed by atoms with Gasteiger partial charge in [0.15, 0.2) is 0 Å². The Bertz CT molecular complexity index is 786. The van der Waals surface area contributed by atoms with Crippen molar-refractivity contribution >= 4 is 23.2 Å². The van der Waals surface area contributed by atoms with Crippen molar-refractivity contribution in [2.45, 2.75) is 6.92 Å². The van der Waals surface area contributed by atoms with E-state index in [-0.39, 0.29) is 5.69 Å². The minimum atomic E-state index is -0.741. The van der Waals surface area contributed by atoms with Gasteiger partial charge in [-0.1, -0.05) is 18.2 Å². The van der Waals surface area contributed by atoms with Crippen LogP contribution in [0.2, 0.25) is 0 Å². The molecule has 0 spiro atoms. The highest BCUT2D eigenvalue weighted by Gasteiger charge is 2.26. The van der Waals surface area contributed by atoms with Gasteiger partial charge in [0.2, 0.25) is 0 Å². The summed E-state index contributed by atoms with van der Waals surface area (Å²) in [6, 6.07) is 13.7. The molecule has 2 aromatic rings. The zero-order chi connectivity index (χ0) is 17.8. The maximum absolute atomic E-state index is 13.2. The van der Waals surface area contributed by atoms with Crippen molar-refractivity contribution in [3.63, 3.8) is 0 Å². The third-order valence-electron chi connectivity index (χ3n) is 4.21. The monoisotopic (exact) mass is 341 g/mol. The first kappa shape index (κ1) is 17.0. The topological polar surface area (TPSA) is 52.7 Å². The van der Waals surface area contributed by atoms with Crippen LogP contribution >= 0.6 is 0 Å². The van der Waals surface area contributed by atoms with Crippen LogP contribution in [-0.2, 0) is 9.59 Å². The normalized spacial score (nSPS) is 14.3. The predicted molar refractivity (Wildman–Crippen MR) is 95.0 cm³/mol. The van der Waals surface area contributed by atoms with Crippen molar-refractivity contribution in [3.05, 3.63) is 59.9 Å². The summed E-state index contributed by atoms with van der Waals surface area (Å²) in [5.41, 5.74) is 2.58. The molecule has 1 heterocycles. The van der Waals surface area contributed by atoms with Crippen LogP contribution < -0.4 is 10.2 Å². The Morgan fingerprint density at radius 2 is 1.72 bits per heavy atom. The summed E-state index contributed by atoms with van der Waals surface area (Å²) in [6.07, 6.45) is 0. The Morgan fingerprint density at radius 3 is 2.40 bits per heavy atom. The zero-order valence-corrected chi connectivity index (χ0v) is 14.0. The highest BCUT2D eigenvalue weighted by atomic mass is 19.1. The van der Waals surface area contributed by atoms with Crippen LogP contribution in [0.1, 0.15) is 5.56 Å². The maximum Gasteiger partial charge on any atom is 0.313 e. The lowest BCUT2D eigenvalue weighted by atomic mass is 10.2. The molecule has 0 radical (unpaired) electrons. The summed E-state index contributed by atoms with van der Waals surface area (Å²) < 4.78 is 13.2. The first-order valence-corrected chi connectivity index (χ1v) is 8.20. The Kier molecular flexibility index (Phi) is 4.97. The fourth-order valence-electron chi connectivity index (χ4n) is 2.89. The Labute approximate surface area is 146 Å². The Balaban J connectivity index is 1.57. The van der Waals surface area contributed by atoms with Gasteiger partial charge >= 0.3 is 11.8 Å². The number of piperazine rings is 1. The van der Waals surface area contributed by atoms with Crippen LogP contribution in [0.4, 0.5) is 15.8 Å². The molecule has 6 heteroatoms. The van der Waals surface area contributed by atoms with E-state index < -0.39 is 17.6 Å². The van der Waals surface area contributed by atoms with Gasteiger partial charge in [-0.25, -0.2) is 4.39 Å². The van der Waals surface area contributed by atoms with Crippen LogP contribution in [0.5, 0.6) is 0 Å².